The number of hydrogen-bond donors (Lipinski definition) is 0. The van der Waals surface area contributed by atoms with Gasteiger partial charge in [-0.3, -0.25) is 0 Å². The highest BCUT2D eigenvalue weighted by atomic mass is 15.2. The van der Waals surface area contributed by atoms with Crippen LogP contribution in [-0.2, 0) is 10.8 Å². The first-order valence-electron chi connectivity index (χ1n) is 26.5. The van der Waals surface area contributed by atoms with Gasteiger partial charge in [-0.1, -0.05) is 231 Å². The zero-order valence-corrected chi connectivity index (χ0v) is 41.6. The number of rotatable bonds is 6. The van der Waals surface area contributed by atoms with Crippen LogP contribution in [-0.4, -0.2) is 0 Å². The molecule has 1 heterocycles. The van der Waals surface area contributed by atoms with Crippen LogP contribution in [0, 0.1) is 0 Å². The molecule has 76 heavy (non-hydrogen) atoms. The van der Waals surface area contributed by atoms with Gasteiger partial charge in [-0.2, -0.15) is 0 Å². The summed E-state index contributed by atoms with van der Waals surface area (Å²) in [5, 5.41) is 0. The van der Waals surface area contributed by atoms with E-state index in [9.17, 15) is 0 Å². The van der Waals surface area contributed by atoms with E-state index in [1.807, 2.05) is 0 Å². The average molecular weight is 965 g/mol. The molecular formula is C74H48N2. The van der Waals surface area contributed by atoms with E-state index in [0.29, 0.717) is 0 Å². The van der Waals surface area contributed by atoms with Crippen molar-refractivity contribution in [1.82, 2.24) is 0 Å². The highest BCUT2D eigenvalue weighted by molar-refractivity contribution is 5.99. The summed E-state index contributed by atoms with van der Waals surface area (Å²) in [4.78, 5) is 4.97. The van der Waals surface area contributed by atoms with Gasteiger partial charge in [0.1, 0.15) is 0 Å². The normalized spacial score (nSPS) is 14.0. The Morgan fingerprint density at radius 2 is 0.526 bits per heavy atom. The van der Waals surface area contributed by atoms with Gasteiger partial charge in [0.15, 0.2) is 0 Å². The Morgan fingerprint density at radius 1 is 0.224 bits per heavy atom. The standard InChI is InChI=1S/C74H48N2/c1-3-19-49(20-4-1)50-35-37-51(38-36-50)52-39-41-54(42-40-52)75(55-43-45-61-59-25-9-13-29-65(59)73(69(61)47-55)63-27-11-7-23-57(63)58-24-8-12-28-64(58)73)56-44-46-62-60-26-10-14-30-66(60)74(70(62)48-56)67-31-15-17-33-71(67)76(53-21-5-2-6-22-53)72-34-18-16-32-68(72)74/h1-48H. The number of anilines is 6. The molecule has 0 aromatic heterocycles. The van der Waals surface area contributed by atoms with Crippen LogP contribution in [0.5, 0.6) is 0 Å². The zero-order valence-electron chi connectivity index (χ0n) is 41.6. The third-order valence-corrected chi connectivity index (χ3v) is 17.1. The maximum Gasteiger partial charge on any atom is 0.0755 e. The fourth-order valence-electron chi connectivity index (χ4n) is 14.0. The second-order valence-electron chi connectivity index (χ2n) is 20.7. The molecule has 354 valence electrons. The first-order valence-corrected chi connectivity index (χ1v) is 26.5. The maximum absolute atomic E-state index is 2.52. The third-order valence-electron chi connectivity index (χ3n) is 17.1. The van der Waals surface area contributed by atoms with Crippen molar-refractivity contribution in [2.75, 3.05) is 9.80 Å². The molecule has 0 N–H and O–H groups in total. The van der Waals surface area contributed by atoms with Gasteiger partial charge in [-0.15, -0.1) is 0 Å². The van der Waals surface area contributed by atoms with Crippen LogP contribution >= 0.6 is 0 Å². The molecule has 16 rings (SSSR count). The lowest BCUT2D eigenvalue weighted by Crippen LogP contribution is -2.36. The maximum atomic E-state index is 2.52. The Balaban J connectivity index is 0.928. The van der Waals surface area contributed by atoms with E-state index in [0.717, 1.165) is 22.7 Å². The quantitative estimate of drug-likeness (QED) is 0.164. The Bertz CT molecular complexity index is 4180. The molecular weight excluding hydrogens is 917 g/mol. The summed E-state index contributed by atoms with van der Waals surface area (Å²) in [6.45, 7) is 0. The van der Waals surface area contributed by atoms with Crippen molar-refractivity contribution in [3.8, 4) is 55.6 Å². The molecule has 4 aliphatic rings. The van der Waals surface area contributed by atoms with Gasteiger partial charge in [0.2, 0.25) is 0 Å². The fraction of sp³-hybridized carbons (Fsp3) is 0.0270. The van der Waals surface area contributed by atoms with E-state index in [1.54, 1.807) is 0 Å². The molecule has 0 amide bonds. The van der Waals surface area contributed by atoms with Crippen molar-refractivity contribution in [2.24, 2.45) is 0 Å². The molecule has 0 saturated carbocycles. The monoisotopic (exact) mass is 964 g/mol. The zero-order chi connectivity index (χ0) is 50.0. The summed E-state index contributed by atoms with van der Waals surface area (Å²) in [6.07, 6.45) is 0. The average Bonchev–Trinajstić information content (AvgIpc) is 4.29. The largest absolute Gasteiger partial charge is 0.310 e. The molecule has 2 heteroatoms. The summed E-state index contributed by atoms with van der Waals surface area (Å²) in [5.41, 5.74) is 28.7. The smallest absolute Gasteiger partial charge is 0.0755 e. The van der Waals surface area contributed by atoms with Gasteiger partial charge in [-0.25, -0.2) is 0 Å². The summed E-state index contributed by atoms with van der Waals surface area (Å²) in [5.74, 6) is 0. The Labute approximate surface area is 443 Å². The number of fused-ring (bicyclic) bond motifs is 19. The predicted molar refractivity (Wildman–Crippen MR) is 314 cm³/mol. The van der Waals surface area contributed by atoms with Crippen LogP contribution in [0.2, 0.25) is 0 Å². The lowest BCUT2D eigenvalue weighted by molar-refractivity contribution is 0.752. The molecule has 0 bridgehead atoms. The number of para-hydroxylation sites is 3. The summed E-state index contributed by atoms with van der Waals surface area (Å²) < 4.78 is 0. The van der Waals surface area contributed by atoms with Gasteiger partial charge in [0.25, 0.3) is 0 Å². The van der Waals surface area contributed by atoms with Crippen molar-refractivity contribution in [1.29, 1.82) is 0 Å². The molecule has 1 aliphatic heterocycles. The van der Waals surface area contributed by atoms with Crippen LogP contribution < -0.4 is 9.80 Å². The highest BCUT2D eigenvalue weighted by Crippen LogP contribution is 2.66. The minimum Gasteiger partial charge on any atom is -0.310 e. The van der Waals surface area contributed by atoms with Crippen molar-refractivity contribution in [3.63, 3.8) is 0 Å². The Kier molecular flexibility index (Phi) is 9.20. The Hall–Kier alpha value is -9.76. The van der Waals surface area contributed by atoms with E-state index in [-0.39, 0.29) is 0 Å². The molecule has 0 fully saturated rings. The van der Waals surface area contributed by atoms with Crippen LogP contribution in [0.1, 0.15) is 44.5 Å². The number of hydrogen-bond acceptors (Lipinski definition) is 2. The number of benzene rings is 12. The van der Waals surface area contributed by atoms with Crippen molar-refractivity contribution in [3.05, 3.63) is 336 Å². The van der Waals surface area contributed by atoms with Crippen molar-refractivity contribution < 1.29 is 0 Å². The second kappa shape index (κ2) is 16.4. The van der Waals surface area contributed by atoms with Gasteiger partial charge in [-0.05, 0) is 161 Å². The number of nitrogens with zero attached hydrogens (tertiary/aromatic N) is 2. The van der Waals surface area contributed by atoms with E-state index >= 15 is 0 Å². The first kappa shape index (κ1) is 42.7. The molecule has 3 aliphatic carbocycles. The van der Waals surface area contributed by atoms with E-state index in [2.05, 4.69) is 301 Å². The van der Waals surface area contributed by atoms with Gasteiger partial charge in [0, 0.05) is 22.7 Å². The predicted octanol–water partition coefficient (Wildman–Crippen LogP) is 19.0. The highest BCUT2D eigenvalue weighted by Gasteiger charge is 2.53. The topological polar surface area (TPSA) is 6.48 Å². The summed E-state index contributed by atoms with van der Waals surface area (Å²) in [7, 11) is 0. The van der Waals surface area contributed by atoms with E-state index in [1.165, 1.54) is 112 Å². The third kappa shape index (κ3) is 5.81. The second-order valence-corrected chi connectivity index (χ2v) is 20.7. The van der Waals surface area contributed by atoms with Gasteiger partial charge in [0.05, 0.1) is 22.2 Å². The molecule has 2 nitrogen and oxygen atoms in total. The molecule has 0 atom stereocenters. The van der Waals surface area contributed by atoms with Gasteiger partial charge < -0.3 is 9.80 Å². The minimum atomic E-state index is -0.608. The van der Waals surface area contributed by atoms with Crippen molar-refractivity contribution >= 4 is 34.1 Å². The lowest BCUT2D eigenvalue weighted by atomic mass is 9.64. The summed E-state index contributed by atoms with van der Waals surface area (Å²) in [6, 6.07) is 109. The minimum absolute atomic E-state index is 0.486. The summed E-state index contributed by atoms with van der Waals surface area (Å²) >= 11 is 0. The first-order chi connectivity index (χ1) is 37.7. The van der Waals surface area contributed by atoms with E-state index < -0.39 is 10.8 Å². The molecule has 0 saturated heterocycles. The fourth-order valence-corrected chi connectivity index (χ4v) is 14.0. The molecule has 12 aromatic rings. The molecule has 12 aromatic carbocycles. The Morgan fingerprint density at radius 3 is 0.961 bits per heavy atom. The van der Waals surface area contributed by atoms with Crippen molar-refractivity contribution in [2.45, 2.75) is 10.8 Å². The molecule has 0 unspecified atom stereocenters. The van der Waals surface area contributed by atoms with E-state index in [4.69, 9.17) is 0 Å². The lowest BCUT2D eigenvalue weighted by Gasteiger charge is -2.45. The molecule has 2 spiro atoms. The van der Waals surface area contributed by atoms with Crippen LogP contribution in [0.4, 0.5) is 34.1 Å². The van der Waals surface area contributed by atoms with Crippen LogP contribution in [0.3, 0.4) is 0 Å². The van der Waals surface area contributed by atoms with Crippen LogP contribution in [0.25, 0.3) is 55.6 Å². The molecule has 0 radical (unpaired) electrons. The SMILES string of the molecule is c1ccc(-c2ccc(-c3ccc(N(c4ccc5c(c4)C4(c6ccccc6-c6ccccc64)c4ccccc4-5)c4ccc5c(c4)C4(c6ccccc6-5)c5ccccc5N(c5ccccc5)c5ccccc54)cc3)cc2)cc1. The van der Waals surface area contributed by atoms with Crippen LogP contribution in [0.15, 0.2) is 291 Å². The van der Waals surface area contributed by atoms with Gasteiger partial charge >= 0.3 is 0 Å².